The van der Waals surface area contributed by atoms with Gasteiger partial charge < -0.3 is 24.3 Å². The van der Waals surface area contributed by atoms with Crippen LogP contribution in [0.3, 0.4) is 0 Å². The van der Waals surface area contributed by atoms with Crippen LogP contribution in [0.25, 0.3) is 32.9 Å². The lowest BCUT2D eigenvalue weighted by atomic mass is 9.94. The summed E-state index contributed by atoms with van der Waals surface area (Å²) in [6.07, 6.45) is 14.2. The first-order chi connectivity index (χ1) is 29.1. The van der Waals surface area contributed by atoms with E-state index in [4.69, 9.17) is 21.1 Å². The summed E-state index contributed by atoms with van der Waals surface area (Å²) in [4.78, 5) is 26.6. The molecule has 1 aliphatic carbocycles. The van der Waals surface area contributed by atoms with Gasteiger partial charge in [-0.15, -0.1) is 6.42 Å². The first-order valence-electron chi connectivity index (χ1n) is 22.0. The fourth-order valence-corrected chi connectivity index (χ4v) is 9.96. The van der Waals surface area contributed by atoms with Gasteiger partial charge in [0.15, 0.2) is 5.82 Å². The molecule has 0 spiro atoms. The van der Waals surface area contributed by atoms with Crippen LogP contribution in [-0.4, -0.2) is 111 Å². The number of anilines is 3. The highest BCUT2D eigenvalue weighted by molar-refractivity contribution is 6.02. The van der Waals surface area contributed by atoms with Gasteiger partial charge in [-0.25, -0.2) is 8.78 Å². The summed E-state index contributed by atoms with van der Waals surface area (Å²) in [5, 5.41) is 1.71. The van der Waals surface area contributed by atoms with Crippen molar-refractivity contribution in [2.45, 2.75) is 52.4 Å². The van der Waals surface area contributed by atoms with Crippen LogP contribution >= 0.6 is 0 Å². The van der Waals surface area contributed by atoms with Gasteiger partial charge in [0.05, 0.1) is 17.6 Å². The molecule has 0 radical (unpaired) electrons. The SMILES string of the molecule is C#Cc1c(F)ccc2cccc(-c3ncc4c(N5CCCC(C)C5)nc(OCC5(CN6CCC(CN7CCN(c8ccc(C)c(N(C)C)c8)CC7)CC6)CC5)nc4c3F)c12. The van der Waals surface area contributed by atoms with Crippen molar-refractivity contribution in [1.29, 1.82) is 0 Å². The highest BCUT2D eigenvalue weighted by atomic mass is 19.1. The number of halogens is 2. The first-order valence-corrected chi connectivity index (χ1v) is 22.0. The van der Waals surface area contributed by atoms with Gasteiger partial charge in [-0.05, 0) is 99.5 Å². The minimum atomic E-state index is -0.596. The van der Waals surface area contributed by atoms with Gasteiger partial charge in [-0.1, -0.05) is 43.2 Å². The lowest BCUT2D eigenvalue weighted by molar-refractivity contribution is 0.105. The van der Waals surface area contributed by atoms with E-state index in [2.05, 4.69) is 81.5 Å². The van der Waals surface area contributed by atoms with E-state index in [-0.39, 0.29) is 28.2 Å². The number of aryl methyl sites for hydroxylation is 1. The monoisotopic (exact) mass is 812 g/mol. The summed E-state index contributed by atoms with van der Waals surface area (Å²) in [5.41, 5.74) is 4.71. The molecular formula is C49H58F2N8O. The van der Waals surface area contributed by atoms with E-state index in [0.29, 0.717) is 40.1 Å². The number of terminal acetylenes is 1. The van der Waals surface area contributed by atoms with E-state index >= 15 is 4.39 Å². The summed E-state index contributed by atoms with van der Waals surface area (Å²) < 4.78 is 38.4. The first kappa shape index (κ1) is 40.4. The van der Waals surface area contributed by atoms with Gasteiger partial charge >= 0.3 is 6.01 Å². The molecule has 1 atom stereocenters. The number of likely N-dealkylation sites (tertiary alicyclic amines) is 1. The summed E-state index contributed by atoms with van der Waals surface area (Å²) in [5.74, 6) is 3.20. The van der Waals surface area contributed by atoms with Gasteiger partial charge in [0, 0.05) is 100 Å². The maximum atomic E-state index is 16.9. The summed E-state index contributed by atoms with van der Waals surface area (Å²) in [7, 11) is 4.24. The fourth-order valence-electron chi connectivity index (χ4n) is 9.96. The zero-order valence-electron chi connectivity index (χ0n) is 35.7. The number of piperazine rings is 1. The van der Waals surface area contributed by atoms with Crippen molar-refractivity contribution in [1.82, 2.24) is 24.8 Å². The number of pyridine rings is 1. The molecular weight excluding hydrogens is 755 g/mol. The minimum Gasteiger partial charge on any atom is -0.463 e. The average molecular weight is 813 g/mol. The molecule has 314 valence electrons. The van der Waals surface area contributed by atoms with E-state index in [1.54, 1.807) is 18.3 Å². The van der Waals surface area contributed by atoms with Crippen LogP contribution in [0.5, 0.6) is 6.01 Å². The molecule has 1 saturated carbocycles. The van der Waals surface area contributed by atoms with Crippen LogP contribution in [0.4, 0.5) is 26.0 Å². The molecule has 9 rings (SSSR count). The number of hydrogen-bond donors (Lipinski definition) is 0. The molecule has 9 nitrogen and oxygen atoms in total. The largest absolute Gasteiger partial charge is 0.463 e. The Bertz CT molecular complexity index is 2410. The van der Waals surface area contributed by atoms with Crippen molar-refractivity contribution in [2.24, 2.45) is 17.3 Å². The quantitative estimate of drug-likeness (QED) is 0.123. The van der Waals surface area contributed by atoms with E-state index in [1.807, 2.05) is 12.1 Å². The van der Waals surface area contributed by atoms with Crippen molar-refractivity contribution < 1.29 is 13.5 Å². The number of hydrogen-bond acceptors (Lipinski definition) is 9. The molecule has 0 bridgehead atoms. The van der Waals surface area contributed by atoms with Crippen molar-refractivity contribution in [3.63, 3.8) is 0 Å². The Morgan fingerprint density at radius 3 is 2.45 bits per heavy atom. The average Bonchev–Trinajstić information content (AvgIpc) is 4.03. The van der Waals surface area contributed by atoms with Crippen LogP contribution in [0, 0.1) is 48.2 Å². The Balaban J connectivity index is 0.864. The maximum Gasteiger partial charge on any atom is 0.319 e. The predicted octanol–water partition coefficient (Wildman–Crippen LogP) is 8.41. The Labute approximate surface area is 353 Å². The van der Waals surface area contributed by atoms with Crippen LogP contribution < -0.4 is 19.4 Å². The fraction of sp³-hybridized carbons (Fsp3) is 0.490. The Hall–Kier alpha value is -5.05. The maximum absolute atomic E-state index is 16.9. The molecule has 5 heterocycles. The smallest absolute Gasteiger partial charge is 0.319 e. The van der Waals surface area contributed by atoms with Crippen molar-refractivity contribution in [2.75, 3.05) is 101 Å². The summed E-state index contributed by atoms with van der Waals surface area (Å²) >= 11 is 0. The van der Waals surface area contributed by atoms with Crippen molar-refractivity contribution in [3.05, 3.63) is 77.5 Å². The highest BCUT2D eigenvalue weighted by Crippen LogP contribution is 2.47. The lowest BCUT2D eigenvalue weighted by Crippen LogP contribution is -2.49. The molecule has 5 aromatic rings. The highest BCUT2D eigenvalue weighted by Gasteiger charge is 2.45. The number of rotatable bonds is 11. The topological polar surface area (TPSA) is 64.1 Å². The van der Waals surface area contributed by atoms with Gasteiger partial charge in [0.2, 0.25) is 0 Å². The molecule has 4 aliphatic rings. The van der Waals surface area contributed by atoms with Crippen LogP contribution in [-0.2, 0) is 0 Å². The third-order valence-electron chi connectivity index (χ3n) is 13.7. The van der Waals surface area contributed by atoms with Crippen LogP contribution in [0.2, 0.25) is 0 Å². The van der Waals surface area contributed by atoms with Crippen LogP contribution in [0.15, 0.2) is 54.7 Å². The number of fused-ring (bicyclic) bond motifs is 2. The molecule has 0 N–H and O–H groups in total. The zero-order chi connectivity index (χ0) is 41.5. The zero-order valence-corrected chi connectivity index (χ0v) is 35.7. The van der Waals surface area contributed by atoms with E-state index in [0.717, 1.165) is 90.5 Å². The number of aromatic nitrogens is 3. The Morgan fingerprint density at radius 2 is 1.72 bits per heavy atom. The van der Waals surface area contributed by atoms with Crippen molar-refractivity contribution >= 4 is 38.9 Å². The second-order valence-corrected chi connectivity index (χ2v) is 18.3. The molecule has 4 fully saturated rings. The summed E-state index contributed by atoms with van der Waals surface area (Å²) in [6.45, 7) is 15.3. The lowest BCUT2D eigenvalue weighted by Gasteiger charge is -2.40. The molecule has 3 aliphatic heterocycles. The second-order valence-electron chi connectivity index (χ2n) is 18.3. The van der Waals surface area contributed by atoms with Gasteiger partial charge in [-0.3, -0.25) is 9.88 Å². The predicted molar refractivity (Wildman–Crippen MR) is 239 cm³/mol. The summed E-state index contributed by atoms with van der Waals surface area (Å²) in [6, 6.07) is 15.4. The molecule has 0 amide bonds. The molecule has 60 heavy (non-hydrogen) atoms. The third-order valence-corrected chi connectivity index (χ3v) is 13.7. The Kier molecular flexibility index (Phi) is 11.3. The molecule has 3 saturated heterocycles. The number of piperidine rings is 2. The number of ether oxygens (including phenoxy) is 1. The number of nitrogens with zero attached hydrogens (tertiary/aromatic N) is 8. The second kappa shape index (κ2) is 16.8. The van der Waals surface area contributed by atoms with Gasteiger partial charge in [0.1, 0.15) is 22.8 Å². The normalized spacial score (nSPS) is 20.1. The molecule has 11 heteroatoms. The standard InChI is InChI=1S/C49H58F2N8O/c1-6-38-41(50)15-13-36-10-7-11-39(43(36)38)45-44(51)46-40(28-52-45)47(59-20-8-9-33(2)29-59)54-48(53-46)60-32-49(18-19-49)31-57-21-16-35(17-22-57)30-56-23-25-58(26-24-56)37-14-12-34(3)42(27-37)55(4)5/h1,7,10-15,27-28,33,35H,8-9,16-26,29-32H2,2-5H3. The van der Waals surface area contributed by atoms with Gasteiger partial charge in [-0.2, -0.15) is 9.97 Å². The van der Waals surface area contributed by atoms with Gasteiger partial charge in [0.25, 0.3) is 0 Å². The van der Waals surface area contributed by atoms with Crippen molar-refractivity contribution in [3.8, 4) is 29.6 Å². The third kappa shape index (κ3) is 8.21. The number of benzene rings is 3. The molecule has 2 aromatic heterocycles. The van der Waals surface area contributed by atoms with Crippen LogP contribution in [0.1, 0.15) is 56.6 Å². The molecule has 1 unspecified atom stereocenters. The van der Waals surface area contributed by atoms with E-state index in [9.17, 15) is 4.39 Å². The minimum absolute atomic E-state index is 0.0459. The van der Waals surface area contributed by atoms with E-state index < -0.39 is 11.6 Å². The van der Waals surface area contributed by atoms with E-state index in [1.165, 1.54) is 42.4 Å². The molecule has 3 aromatic carbocycles. The Morgan fingerprint density at radius 1 is 0.917 bits per heavy atom.